The molecule has 1 aliphatic heterocycles. The Balaban J connectivity index is 1.95. The molecule has 2 rings (SSSR count). The van der Waals surface area contributed by atoms with Crippen LogP contribution in [0.25, 0.3) is 0 Å². The zero-order chi connectivity index (χ0) is 12.1. The topological polar surface area (TPSA) is 20.3 Å². The lowest BCUT2D eigenvalue weighted by molar-refractivity contribution is -0.120. The van der Waals surface area contributed by atoms with E-state index in [1.54, 1.807) is 0 Å². The Kier molecular flexibility index (Phi) is 4.92. The first-order chi connectivity index (χ1) is 8.24. The number of hydrogen-bond acceptors (Lipinski definition) is 3. The maximum atomic E-state index is 11.6. The molecule has 0 bridgehead atoms. The number of nitrogens with zero attached hydrogens (tertiary/aromatic N) is 1. The summed E-state index contributed by atoms with van der Waals surface area (Å²) in [6.45, 7) is 5.68. The van der Waals surface area contributed by atoms with Gasteiger partial charge in [-0.05, 0) is 37.5 Å². The highest BCUT2D eigenvalue weighted by atomic mass is 32.2. The molecular formula is C14H25NOS. The van der Waals surface area contributed by atoms with Crippen LogP contribution in [0, 0.1) is 11.3 Å². The number of aldehydes is 1. The second kappa shape index (κ2) is 6.24. The molecular weight excluding hydrogens is 230 g/mol. The van der Waals surface area contributed by atoms with Gasteiger partial charge in [0.15, 0.2) is 0 Å². The fourth-order valence-corrected chi connectivity index (χ4v) is 4.31. The van der Waals surface area contributed by atoms with Gasteiger partial charge in [-0.15, -0.1) is 0 Å². The van der Waals surface area contributed by atoms with Gasteiger partial charge in [-0.1, -0.05) is 19.8 Å². The summed E-state index contributed by atoms with van der Waals surface area (Å²) >= 11 is 2.06. The Morgan fingerprint density at radius 3 is 3.00 bits per heavy atom. The van der Waals surface area contributed by atoms with Gasteiger partial charge < -0.3 is 9.69 Å². The fraction of sp³-hybridized carbons (Fsp3) is 0.929. The zero-order valence-electron chi connectivity index (χ0n) is 11.0. The molecule has 0 aromatic rings. The van der Waals surface area contributed by atoms with E-state index in [0.29, 0.717) is 0 Å². The van der Waals surface area contributed by atoms with E-state index in [4.69, 9.17) is 0 Å². The number of thioether (sulfide) groups is 1. The van der Waals surface area contributed by atoms with Gasteiger partial charge in [-0.3, -0.25) is 0 Å². The smallest absolute Gasteiger partial charge is 0.127 e. The van der Waals surface area contributed by atoms with Crippen molar-refractivity contribution in [3.63, 3.8) is 0 Å². The van der Waals surface area contributed by atoms with Gasteiger partial charge in [0.1, 0.15) is 6.29 Å². The molecule has 17 heavy (non-hydrogen) atoms. The Hall–Kier alpha value is -0.0200. The lowest BCUT2D eigenvalue weighted by Gasteiger charge is -2.39. The predicted octanol–water partition coefficient (Wildman–Crippen LogP) is 2.82. The summed E-state index contributed by atoms with van der Waals surface area (Å²) in [6.07, 6.45) is 7.34. The normalized spacial score (nSPS) is 36.4. The molecule has 2 nitrogen and oxygen atoms in total. The Morgan fingerprint density at radius 2 is 2.24 bits per heavy atom. The van der Waals surface area contributed by atoms with Crippen molar-refractivity contribution in [2.24, 2.45) is 11.3 Å². The Bertz CT molecular complexity index is 251. The summed E-state index contributed by atoms with van der Waals surface area (Å²) in [6, 6.07) is 0. The van der Waals surface area contributed by atoms with Gasteiger partial charge in [-0.25, -0.2) is 0 Å². The number of hydrogen-bond donors (Lipinski definition) is 0. The van der Waals surface area contributed by atoms with Crippen LogP contribution in [0.1, 0.15) is 39.0 Å². The number of carbonyl (C=O) groups is 1. The van der Waals surface area contributed by atoms with Gasteiger partial charge in [0, 0.05) is 24.3 Å². The number of rotatable bonds is 3. The van der Waals surface area contributed by atoms with Crippen LogP contribution >= 0.6 is 11.8 Å². The SMILES string of the molecule is CC1CCCC(C=O)(CN2CCCSCC2)C1. The van der Waals surface area contributed by atoms with Crippen LogP contribution in [-0.4, -0.2) is 42.3 Å². The third kappa shape index (κ3) is 3.72. The van der Waals surface area contributed by atoms with Crippen LogP contribution in [0.3, 0.4) is 0 Å². The minimum absolute atomic E-state index is 0.0212. The largest absolute Gasteiger partial charge is 0.303 e. The molecule has 1 saturated carbocycles. The maximum absolute atomic E-state index is 11.6. The van der Waals surface area contributed by atoms with Crippen LogP contribution in [0.4, 0.5) is 0 Å². The molecule has 0 amide bonds. The molecule has 1 aliphatic carbocycles. The summed E-state index contributed by atoms with van der Waals surface area (Å²) in [5, 5.41) is 0. The van der Waals surface area contributed by atoms with Crippen molar-refractivity contribution in [3.05, 3.63) is 0 Å². The van der Waals surface area contributed by atoms with Crippen molar-refractivity contribution in [2.75, 3.05) is 31.1 Å². The molecule has 0 radical (unpaired) electrons. The van der Waals surface area contributed by atoms with Gasteiger partial charge in [0.2, 0.25) is 0 Å². The average molecular weight is 255 g/mol. The van der Waals surface area contributed by atoms with E-state index >= 15 is 0 Å². The van der Waals surface area contributed by atoms with E-state index in [1.165, 1.54) is 50.1 Å². The molecule has 2 atom stereocenters. The highest BCUT2D eigenvalue weighted by Crippen LogP contribution is 2.38. The van der Waals surface area contributed by atoms with Crippen LogP contribution in [-0.2, 0) is 4.79 Å². The molecule has 98 valence electrons. The minimum Gasteiger partial charge on any atom is -0.303 e. The van der Waals surface area contributed by atoms with Crippen LogP contribution in [0.2, 0.25) is 0 Å². The zero-order valence-corrected chi connectivity index (χ0v) is 11.8. The molecule has 0 aromatic carbocycles. The summed E-state index contributed by atoms with van der Waals surface area (Å²) in [5.74, 6) is 3.26. The third-order valence-corrected chi connectivity index (χ3v) is 5.28. The summed E-state index contributed by atoms with van der Waals surface area (Å²) in [7, 11) is 0. The summed E-state index contributed by atoms with van der Waals surface area (Å²) in [5.41, 5.74) is -0.0212. The lowest BCUT2D eigenvalue weighted by Crippen LogP contribution is -2.42. The second-order valence-corrected chi connectivity index (χ2v) is 7.15. The standard InChI is InChI=1S/C14H25NOS/c1-13-4-2-5-14(10-13,12-16)11-15-6-3-8-17-9-7-15/h12-13H,2-11H2,1H3. The molecule has 2 unspecified atom stereocenters. The van der Waals surface area contributed by atoms with E-state index < -0.39 is 0 Å². The Labute approximate surface area is 110 Å². The fourth-order valence-electron chi connectivity index (χ4n) is 3.39. The van der Waals surface area contributed by atoms with E-state index in [-0.39, 0.29) is 5.41 Å². The van der Waals surface area contributed by atoms with Gasteiger partial charge in [0.05, 0.1) is 0 Å². The second-order valence-electron chi connectivity index (χ2n) is 5.92. The summed E-state index contributed by atoms with van der Waals surface area (Å²) < 4.78 is 0. The Morgan fingerprint density at radius 1 is 1.35 bits per heavy atom. The molecule has 1 saturated heterocycles. The van der Waals surface area contributed by atoms with Gasteiger partial charge >= 0.3 is 0 Å². The van der Waals surface area contributed by atoms with Crippen LogP contribution in [0.5, 0.6) is 0 Å². The monoisotopic (exact) mass is 255 g/mol. The first-order valence-corrected chi connectivity index (χ1v) is 8.16. The maximum Gasteiger partial charge on any atom is 0.127 e. The van der Waals surface area contributed by atoms with E-state index in [1.807, 2.05) is 0 Å². The van der Waals surface area contributed by atoms with Crippen molar-refractivity contribution in [2.45, 2.75) is 39.0 Å². The molecule has 2 fully saturated rings. The van der Waals surface area contributed by atoms with Gasteiger partial charge in [-0.2, -0.15) is 11.8 Å². The highest BCUT2D eigenvalue weighted by molar-refractivity contribution is 7.99. The first-order valence-electron chi connectivity index (χ1n) is 7.00. The lowest BCUT2D eigenvalue weighted by atomic mass is 9.70. The molecule has 0 spiro atoms. The molecule has 3 heteroatoms. The first kappa shape index (κ1) is 13.4. The van der Waals surface area contributed by atoms with Gasteiger partial charge in [0.25, 0.3) is 0 Å². The van der Waals surface area contributed by atoms with Crippen molar-refractivity contribution in [3.8, 4) is 0 Å². The average Bonchev–Trinajstić information content (AvgIpc) is 2.57. The minimum atomic E-state index is -0.0212. The van der Waals surface area contributed by atoms with Crippen LogP contribution in [0.15, 0.2) is 0 Å². The third-order valence-electron chi connectivity index (χ3n) is 4.23. The molecule has 2 aliphatic rings. The van der Waals surface area contributed by atoms with Crippen molar-refractivity contribution >= 4 is 18.0 Å². The van der Waals surface area contributed by atoms with Crippen molar-refractivity contribution in [1.29, 1.82) is 0 Å². The number of carbonyl (C=O) groups excluding carboxylic acids is 1. The molecule has 0 N–H and O–H groups in total. The van der Waals surface area contributed by atoms with Crippen molar-refractivity contribution in [1.82, 2.24) is 4.90 Å². The van der Waals surface area contributed by atoms with E-state index in [9.17, 15) is 4.79 Å². The van der Waals surface area contributed by atoms with E-state index in [0.717, 1.165) is 25.3 Å². The highest BCUT2D eigenvalue weighted by Gasteiger charge is 2.36. The molecule has 0 aromatic heterocycles. The molecule has 1 heterocycles. The summed E-state index contributed by atoms with van der Waals surface area (Å²) in [4.78, 5) is 14.1. The quantitative estimate of drug-likeness (QED) is 0.723. The van der Waals surface area contributed by atoms with E-state index in [2.05, 4.69) is 23.6 Å². The van der Waals surface area contributed by atoms with Crippen molar-refractivity contribution < 1.29 is 4.79 Å². The predicted molar refractivity (Wildman–Crippen MR) is 74.5 cm³/mol. The van der Waals surface area contributed by atoms with Crippen LogP contribution < -0.4 is 0 Å².